The normalized spacial score (nSPS) is 28.7. The van der Waals surface area contributed by atoms with Crippen LogP contribution in [0, 0.1) is 11.3 Å². The Morgan fingerprint density at radius 3 is 2.38 bits per heavy atom. The molecular weight excluding hydrogens is 198 g/mol. The van der Waals surface area contributed by atoms with Crippen molar-refractivity contribution >= 4 is 0 Å². The van der Waals surface area contributed by atoms with E-state index in [4.69, 9.17) is 5.73 Å². The summed E-state index contributed by atoms with van der Waals surface area (Å²) < 4.78 is 0. The van der Waals surface area contributed by atoms with Gasteiger partial charge in [0.2, 0.25) is 0 Å². The average Bonchev–Trinajstić information content (AvgIpc) is 2.25. The van der Waals surface area contributed by atoms with Crippen LogP contribution in [0.15, 0.2) is 0 Å². The van der Waals surface area contributed by atoms with Crippen LogP contribution >= 0.6 is 0 Å². The number of hydrogen-bond acceptors (Lipinski definition) is 3. The molecule has 2 rings (SSSR count). The molecule has 3 heteroatoms. The van der Waals surface area contributed by atoms with E-state index in [0.29, 0.717) is 11.5 Å². The molecule has 0 aromatic carbocycles. The molecule has 3 nitrogen and oxygen atoms in total. The fraction of sp³-hybridized carbons (Fsp3) is 1.00. The molecule has 0 bridgehead atoms. The van der Waals surface area contributed by atoms with Gasteiger partial charge in [0.25, 0.3) is 0 Å². The van der Waals surface area contributed by atoms with Gasteiger partial charge < -0.3 is 16.0 Å². The van der Waals surface area contributed by atoms with Crippen LogP contribution in [0.1, 0.15) is 32.1 Å². The van der Waals surface area contributed by atoms with Crippen LogP contribution in [0.25, 0.3) is 0 Å². The molecule has 3 N–H and O–H groups in total. The van der Waals surface area contributed by atoms with Crippen molar-refractivity contribution in [2.24, 2.45) is 17.1 Å². The van der Waals surface area contributed by atoms with Crippen molar-refractivity contribution in [2.45, 2.75) is 38.1 Å². The number of nitrogens with zero attached hydrogens (tertiary/aromatic N) is 1. The second-order valence-electron chi connectivity index (χ2n) is 5.83. The molecule has 0 aromatic rings. The summed E-state index contributed by atoms with van der Waals surface area (Å²) in [5, 5.41) is 3.58. The fourth-order valence-corrected chi connectivity index (χ4v) is 3.68. The van der Waals surface area contributed by atoms with Crippen LogP contribution in [0.2, 0.25) is 0 Å². The summed E-state index contributed by atoms with van der Waals surface area (Å²) in [6, 6.07) is 0.653. The smallest absolute Gasteiger partial charge is 0.0162 e. The highest BCUT2D eigenvalue weighted by Gasteiger charge is 2.45. The van der Waals surface area contributed by atoms with Gasteiger partial charge in [0.05, 0.1) is 0 Å². The van der Waals surface area contributed by atoms with Crippen molar-refractivity contribution in [3.8, 4) is 0 Å². The Balaban J connectivity index is 1.99. The lowest BCUT2D eigenvalue weighted by Crippen LogP contribution is -2.57. The number of nitrogens with two attached hydrogens (primary N) is 1. The van der Waals surface area contributed by atoms with Crippen molar-refractivity contribution in [2.75, 3.05) is 33.7 Å². The first-order valence-electron chi connectivity index (χ1n) is 6.78. The van der Waals surface area contributed by atoms with Gasteiger partial charge in [-0.25, -0.2) is 0 Å². The molecule has 1 saturated carbocycles. The summed E-state index contributed by atoms with van der Waals surface area (Å²) in [4.78, 5) is 2.44. The lowest BCUT2D eigenvalue weighted by molar-refractivity contribution is 0.0345. The maximum atomic E-state index is 6.03. The molecule has 94 valence electrons. The molecule has 16 heavy (non-hydrogen) atoms. The third-order valence-corrected chi connectivity index (χ3v) is 4.96. The summed E-state index contributed by atoms with van der Waals surface area (Å²) in [5.41, 5.74) is 6.45. The molecule has 1 saturated heterocycles. The van der Waals surface area contributed by atoms with Gasteiger partial charge in [0.1, 0.15) is 0 Å². The van der Waals surface area contributed by atoms with Crippen molar-refractivity contribution in [1.82, 2.24) is 10.2 Å². The van der Waals surface area contributed by atoms with E-state index in [1.807, 2.05) is 0 Å². The number of hydrogen-bond donors (Lipinski definition) is 2. The molecule has 0 spiro atoms. The molecule has 1 aliphatic carbocycles. The third kappa shape index (κ3) is 2.13. The molecule has 1 aliphatic heterocycles. The molecule has 1 unspecified atom stereocenters. The zero-order valence-electron chi connectivity index (χ0n) is 10.8. The maximum absolute atomic E-state index is 6.03. The predicted molar refractivity (Wildman–Crippen MR) is 68.4 cm³/mol. The lowest BCUT2D eigenvalue weighted by atomic mass is 9.60. The van der Waals surface area contributed by atoms with Crippen LogP contribution in [0.4, 0.5) is 0 Å². The quantitative estimate of drug-likeness (QED) is 0.751. The molecule has 2 fully saturated rings. The Kier molecular flexibility index (Phi) is 3.88. The molecule has 0 amide bonds. The summed E-state index contributed by atoms with van der Waals surface area (Å²) in [6.07, 6.45) is 6.72. The Morgan fingerprint density at radius 1 is 1.38 bits per heavy atom. The minimum absolute atomic E-state index is 0.426. The number of piperidine rings is 1. The first-order chi connectivity index (χ1) is 7.72. The number of likely N-dealkylation sites (tertiary alicyclic amines) is 1. The average molecular weight is 225 g/mol. The van der Waals surface area contributed by atoms with E-state index in [9.17, 15) is 0 Å². The van der Waals surface area contributed by atoms with Gasteiger partial charge in [-0.1, -0.05) is 6.42 Å². The van der Waals surface area contributed by atoms with Gasteiger partial charge in [0.15, 0.2) is 0 Å². The van der Waals surface area contributed by atoms with Crippen molar-refractivity contribution in [1.29, 1.82) is 0 Å². The SMILES string of the molecule is CNC(C1CCN(C)CC1)C1(CN)CCC1. The van der Waals surface area contributed by atoms with E-state index in [2.05, 4.69) is 24.3 Å². The number of nitrogens with one attached hydrogen (secondary N) is 1. The molecular formula is C13H27N3. The van der Waals surface area contributed by atoms with Gasteiger partial charge >= 0.3 is 0 Å². The van der Waals surface area contributed by atoms with E-state index in [1.165, 1.54) is 45.2 Å². The molecule has 0 radical (unpaired) electrons. The first kappa shape index (κ1) is 12.3. The lowest BCUT2D eigenvalue weighted by Gasteiger charge is -2.51. The fourth-order valence-electron chi connectivity index (χ4n) is 3.68. The third-order valence-electron chi connectivity index (χ3n) is 4.96. The zero-order valence-corrected chi connectivity index (χ0v) is 10.8. The van der Waals surface area contributed by atoms with E-state index < -0.39 is 0 Å². The van der Waals surface area contributed by atoms with E-state index in [1.54, 1.807) is 0 Å². The highest BCUT2D eigenvalue weighted by molar-refractivity contribution is 5.01. The summed E-state index contributed by atoms with van der Waals surface area (Å²) >= 11 is 0. The van der Waals surface area contributed by atoms with Crippen LogP contribution in [0.5, 0.6) is 0 Å². The minimum atomic E-state index is 0.426. The zero-order chi connectivity index (χ0) is 11.6. The Morgan fingerprint density at radius 2 is 2.00 bits per heavy atom. The van der Waals surface area contributed by atoms with Crippen LogP contribution in [-0.4, -0.2) is 44.7 Å². The summed E-state index contributed by atoms with van der Waals surface area (Å²) in [6.45, 7) is 3.37. The van der Waals surface area contributed by atoms with Gasteiger partial charge in [-0.15, -0.1) is 0 Å². The standard InChI is InChI=1S/C13H27N3/c1-15-12(13(10-14)6-3-7-13)11-4-8-16(2)9-5-11/h11-12,15H,3-10,14H2,1-2H3. The Labute approximate surface area is 99.8 Å². The van der Waals surface area contributed by atoms with E-state index >= 15 is 0 Å². The monoisotopic (exact) mass is 225 g/mol. The number of rotatable bonds is 4. The van der Waals surface area contributed by atoms with E-state index in [-0.39, 0.29) is 0 Å². The van der Waals surface area contributed by atoms with Crippen molar-refractivity contribution in [3.05, 3.63) is 0 Å². The van der Waals surface area contributed by atoms with Crippen molar-refractivity contribution in [3.63, 3.8) is 0 Å². The molecule has 1 heterocycles. The Hall–Kier alpha value is -0.120. The molecule has 0 aromatic heterocycles. The van der Waals surface area contributed by atoms with Crippen LogP contribution in [0.3, 0.4) is 0 Å². The Bertz CT molecular complexity index is 212. The first-order valence-corrected chi connectivity index (χ1v) is 6.78. The second-order valence-corrected chi connectivity index (χ2v) is 5.83. The summed E-state index contributed by atoms with van der Waals surface area (Å²) in [5.74, 6) is 0.838. The van der Waals surface area contributed by atoms with Crippen molar-refractivity contribution < 1.29 is 0 Å². The van der Waals surface area contributed by atoms with Gasteiger partial charge in [0, 0.05) is 6.04 Å². The van der Waals surface area contributed by atoms with E-state index in [0.717, 1.165) is 12.5 Å². The molecule has 1 atom stereocenters. The largest absolute Gasteiger partial charge is 0.330 e. The van der Waals surface area contributed by atoms with Gasteiger partial charge in [-0.05, 0) is 70.7 Å². The minimum Gasteiger partial charge on any atom is -0.330 e. The highest BCUT2D eigenvalue weighted by Crippen LogP contribution is 2.46. The molecule has 2 aliphatic rings. The highest BCUT2D eigenvalue weighted by atomic mass is 15.1. The van der Waals surface area contributed by atoms with Crippen LogP contribution < -0.4 is 11.1 Å². The predicted octanol–water partition coefficient (Wildman–Crippen LogP) is 1.05. The van der Waals surface area contributed by atoms with Gasteiger partial charge in [-0.3, -0.25) is 0 Å². The summed E-state index contributed by atoms with van der Waals surface area (Å²) in [7, 11) is 4.35. The maximum Gasteiger partial charge on any atom is 0.0162 e. The topological polar surface area (TPSA) is 41.3 Å². The van der Waals surface area contributed by atoms with Gasteiger partial charge in [-0.2, -0.15) is 0 Å². The second kappa shape index (κ2) is 5.03. The van der Waals surface area contributed by atoms with Crippen LogP contribution in [-0.2, 0) is 0 Å².